The van der Waals surface area contributed by atoms with Crippen molar-refractivity contribution in [3.8, 4) is 0 Å². The molecule has 0 heteroatoms. The molecule has 0 saturated heterocycles. The van der Waals surface area contributed by atoms with Gasteiger partial charge in [-0.05, 0) is 70.4 Å². The Morgan fingerprint density at radius 2 is 0.923 bits per heavy atom. The lowest BCUT2D eigenvalue weighted by Crippen LogP contribution is -1.93. The lowest BCUT2D eigenvalue weighted by atomic mass is 9.96. The second kappa shape index (κ2) is 27.2. The number of benzene rings is 3. The first-order valence-corrected chi connectivity index (χ1v) is 16.0. The summed E-state index contributed by atoms with van der Waals surface area (Å²) in [5.74, 6) is 1.97. The third kappa shape index (κ3) is 18.6. The molecular formula is C39H66. The molecule has 0 N–H and O–H groups in total. The molecule has 3 aromatic rings. The summed E-state index contributed by atoms with van der Waals surface area (Å²) in [5, 5.41) is 0. The Labute approximate surface area is 246 Å². The van der Waals surface area contributed by atoms with E-state index in [0.717, 1.165) is 19.3 Å². The smallest absolute Gasteiger partial charge is 0.0216 e. The first-order valence-electron chi connectivity index (χ1n) is 16.0. The van der Waals surface area contributed by atoms with E-state index in [9.17, 15) is 0 Å². The van der Waals surface area contributed by atoms with Crippen LogP contribution in [0.3, 0.4) is 0 Å². The lowest BCUT2D eigenvalue weighted by Gasteiger charge is -2.09. The Bertz CT molecular complexity index is 897. The van der Waals surface area contributed by atoms with Crippen LogP contribution >= 0.6 is 0 Å². The van der Waals surface area contributed by atoms with Gasteiger partial charge in [-0.15, -0.1) is 0 Å². The molecule has 222 valence electrons. The minimum absolute atomic E-state index is 0.654. The zero-order chi connectivity index (χ0) is 30.8. The van der Waals surface area contributed by atoms with Gasteiger partial charge in [0.1, 0.15) is 0 Å². The normalized spacial score (nSPS) is 9.38. The predicted molar refractivity (Wildman–Crippen MR) is 184 cm³/mol. The highest BCUT2D eigenvalue weighted by Crippen LogP contribution is 2.19. The van der Waals surface area contributed by atoms with Gasteiger partial charge in [0, 0.05) is 0 Å². The molecule has 0 aromatic heterocycles. The maximum atomic E-state index is 2.30. The highest BCUT2D eigenvalue weighted by atomic mass is 14.1. The van der Waals surface area contributed by atoms with E-state index in [4.69, 9.17) is 0 Å². The zero-order valence-electron chi connectivity index (χ0n) is 28.8. The minimum atomic E-state index is 0.654. The van der Waals surface area contributed by atoms with Gasteiger partial charge in [0.25, 0.3) is 0 Å². The van der Waals surface area contributed by atoms with Gasteiger partial charge in [-0.1, -0.05) is 177 Å². The van der Waals surface area contributed by atoms with Crippen LogP contribution in [0.4, 0.5) is 0 Å². The van der Waals surface area contributed by atoms with Crippen LogP contribution in [0.25, 0.3) is 0 Å². The molecule has 39 heavy (non-hydrogen) atoms. The van der Waals surface area contributed by atoms with Gasteiger partial charge in [0.05, 0.1) is 0 Å². The highest BCUT2D eigenvalue weighted by Gasteiger charge is 2.02. The van der Waals surface area contributed by atoms with E-state index in [2.05, 4.69) is 135 Å². The maximum absolute atomic E-state index is 2.30. The SMILES string of the molecule is CC.CC.CC.CCc1ccc(C(C)C)cc1.CCc1cccc(C(C)C)c1.CCc1ccccc1C(C)C. The molecule has 0 radical (unpaired) electrons. The molecule has 0 bridgehead atoms. The standard InChI is InChI=1S/3C11H16.3C2H6/c1-4-10-5-7-11(8-6-10)9(2)3;1-4-10-6-5-7-11(8-10)9(2)3;1-4-10-7-5-6-8-11(10)9(2)3;3*1-2/h3*5-9H,4H2,1-3H3;3*1-2H3. The van der Waals surface area contributed by atoms with Crippen molar-refractivity contribution in [2.75, 3.05) is 0 Å². The molecular weight excluding hydrogens is 468 g/mol. The fourth-order valence-corrected chi connectivity index (χ4v) is 3.73. The van der Waals surface area contributed by atoms with Gasteiger partial charge in [-0.25, -0.2) is 0 Å². The van der Waals surface area contributed by atoms with Crippen LogP contribution in [0.15, 0.2) is 72.8 Å². The van der Waals surface area contributed by atoms with E-state index < -0.39 is 0 Å². The number of aryl methyl sites for hydroxylation is 3. The Hall–Kier alpha value is -2.34. The molecule has 0 spiro atoms. The summed E-state index contributed by atoms with van der Waals surface area (Å²) < 4.78 is 0. The summed E-state index contributed by atoms with van der Waals surface area (Å²) in [6, 6.07) is 26.4. The van der Waals surface area contributed by atoms with Crippen molar-refractivity contribution in [2.45, 2.75) is 141 Å². The fraction of sp³-hybridized carbons (Fsp3) is 0.538. The van der Waals surface area contributed by atoms with Crippen LogP contribution in [-0.4, -0.2) is 0 Å². The summed E-state index contributed by atoms with van der Waals surface area (Å²) in [4.78, 5) is 0. The van der Waals surface area contributed by atoms with Gasteiger partial charge in [0.15, 0.2) is 0 Å². The van der Waals surface area contributed by atoms with Crippen LogP contribution in [-0.2, 0) is 19.3 Å². The highest BCUT2D eigenvalue weighted by molar-refractivity contribution is 5.29. The molecule has 0 aliphatic heterocycles. The van der Waals surface area contributed by atoms with Gasteiger partial charge in [-0.3, -0.25) is 0 Å². The van der Waals surface area contributed by atoms with Crippen molar-refractivity contribution in [3.05, 3.63) is 106 Å². The van der Waals surface area contributed by atoms with Crippen molar-refractivity contribution >= 4 is 0 Å². The van der Waals surface area contributed by atoms with Crippen LogP contribution < -0.4 is 0 Å². The first kappa shape index (κ1) is 41.1. The van der Waals surface area contributed by atoms with Gasteiger partial charge in [0.2, 0.25) is 0 Å². The van der Waals surface area contributed by atoms with Crippen LogP contribution in [0.2, 0.25) is 0 Å². The number of hydrogen-bond donors (Lipinski definition) is 0. The summed E-state index contributed by atoms with van der Waals surface area (Å²) in [7, 11) is 0. The molecule has 0 heterocycles. The van der Waals surface area contributed by atoms with E-state index in [1.807, 2.05) is 41.5 Å². The monoisotopic (exact) mass is 535 g/mol. The maximum Gasteiger partial charge on any atom is -0.0216 e. The molecule has 0 aliphatic carbocycles. The van der Waals surface area contributed by atoms with Crippen molar-refractivity contribution < 1.29 is 0 Å². The molecule has 0 atom stereocenters. The van der Waals surface area contributed by atoms with Crippen LogP contribution in [0.5, 0.6) is 0 Å². The number of hydrogen-bond acceptors (Lipinski definition) is 0. The molecule has 0 unspecified atom stereocenters. The molecule has 3 aromatic carbocycles. The third-order valence-electron chi connectivity index (χ3n) is 6.14. The Kier molecular flexibility index (Phi) is 28.7. The first-order chi connectivity index (χ1) is 18.7. The zero-order valence-corrected chi connectivity index (χ0v) is 28.8. The second-order valence-electron chi connectivity index (χ2n) is 9.71. The molecule has 0 aliphatic rings. The predicted octanol–water partition coefficient (Wildman–Crippen LogP) is 13.2. The van der Waals surface area contributed by atoms with E-state index in [-0.39, 0.29) is 0 Å². The van der Waals surface area contributed by atoms with Crippen molar-refractivity contribution in [2.24, 2.45) is 0 Å². The van der Waals surface area contributed by atoms with E-state index in [1.54, 1.807) is 0 Å². The Morgan fingerprint density at radius 3 is 1.31 bits per heavy atom. The summed E-state index contributed by atoms with van der Waals surface area (Å²) >= 11 is 0. The van der Waals surface area contributed by atoms with Crippen molar-refractivity contribution in [3.63, 3.8) is 0 Å². The quantitative estimate of drug-likeness (QED) is 0.295. The van der Waals surface area contributed by atoms with E-state index in [0.29, 0.717) is 17.8 Å². The molecule has 0 nitrogen and oxygen atoms in total. The minimum Gasteiger partial charge on any atom is -0.0683 e. The molecule has 0 fully saturated rings. The van der Waals surface area contributed by atoms with Gasteiger partial charge in [-0.2, -0.15) is 0 Å². The Balaban J connectivity index is -0.000000453. The summed E-state index contributed by atoms with van der Waals surface area (Å²) in [5.41, 5.74) is 8.73. The van der Waals surface area contributed by atoms with Crippen LogP contribution in [0.1, 0.15) is 155 Å². The van der Waals surface area contributed by atoms with Gasteiger partial charge >= 0.3 is 0 Å². The molecule has 0 saturated carbocycles. The lowest BCUT2D eigenvalue weighted by molar-refractivity contribution is 0.844. The molecule has 0 amide bonds. The number of rotatable bonds is 6. The summed E-state index contributed by atoms with van der Waals surface area (Å²) in [6.45, 7) is 32.0. The van der Waals surface area contributed by atoms with Gasteiger partial charge < -0.3 is 0 Å². The van der Waals surface area contributed by atoms with Crippen molar-refractivity contribution in [1.29, 1.82) is 0 Å². The average molecular weight is 535 g/mol. The Morgan fingerprint density at radius 1 is 0.436 bits per heavy atom. The third-order valence-corrected chi connectivity index (χ3v) is 6.14. The van der Waals surface area contributed by atoms with Crippen LogP contribution in [0, 0.1) is 0 Å². The molecule has 3 rings (SSSR count). The largest absolute Gasteiger partial charge is 0.0683 e. The second-order valence-corrected chi connectivity index (χ2v) is 9.71. The van der Waals surface area contributed by atoms with E-state index >= 15 is 0 Å². The topological polar surface area (TPSA) is 0 Å². The average Bonchev–Trinajstić information content (AvgIpc) is 3.00. The van der Waals surface area contributed by atoms with Crippen molar-refractivity contribution in [1.82, 2.24) is 0 Å². The van der Waals surface area contributed by atoms with E-state index in [1.165, 1.54) is 33.4 Å². The fourth-order valence-electron chi connectivity index (χ4n) is 3.73. The summed E-state index contributed by atoms with van der Waals surface area (Å²) in [6.07, 6.45) is 3.42.